The zero-order valence-electron chi connectivity index (χ0n) is 6.43. The summed E-state index contributed by atoms with van der Waals surface area (Å²) in [6.45, 7) is 0. The van der Waals surface area contributed by atoms with Crippen LogP contribution < -0.4 is 5.46 Å². The van der Waals surface area contributed by atoms with Gasteiger partial charge in [0.15, 0.2) is 17.4 Å². The Hall–Kier alpha value is -1.28. The first-order valence-corrected chi connectivity index (χ1v) is 3.28. The van der Waals surface area contributed by atoms with Crippen LogP contribution >= 0.6 is 0 Å². The second-order valence-corrected chi connectivity index (χ2v) is 2.39. The summed E-state index contributed by atoms with van der Waals surface area (Å²) in [5.74, 6) is -10.1. The maximum Gasteiger partial charge on any atom is 0.494 e. The Bertz CT molecular complexity index is 353. The highest BCUT2D eigenvalue weighted by atomic mass is 19.2. The molecular weight excluding hydrogens is 207 g/mol. The van der Waals surface area contributed by atoms with Crippen molar-refractivity contribution in [3.63, 3.8) is 0 Å². The van der Waals surface area contributed by atoms with Crippen LogP contribution in [0.15, 0.2) is 0 Å². The number of hydrogen-bond acceptors (Lipinski definition) is 3. The summed E-state index contributed by atoms with van der Waals surface area (Å²) < 4.78 is 50.5. The highest BCUT2D eigenvalue weighted by Gasteiger charge is 2.31. The van der Waals surface area contributed by atoms with Gasteiger partial charge in [0.1, 0.15) is 0 Å². The van der Waals surface area contributed by atoms with E-state index in [9.17, 15) is 17.6 Å². The maximum absolute atomic E-state index is 12.7. The van der Waals surface area contributed by atoms with Crippen LogP contribution in [0.4, 0.5) is 17.6 Å². The monoisotopic (exact) mass is 210 g/mol. The average Bonchev–Trinajstić information content (AvgIpc) is 2.11. The summed E-state index contributed by atoms with van der Waals surface area (Å²) >= 11 is 0. The van der Waals surface area contributed by atoms with Crippen LogP contribution in [0.3, 0.4) is 0 Å². The molecule has 0 bridgehead atoms. The fourth-order valence-electron chi connectivity index (χ4n) is 0.864. The van der Waals surface area contributed by atoms with Crippen molar-refractivity contribution in [2.75, 3.05) is 0 Å². The molecule has 0 amide bonds. The van der Waals surface area contributed by atoms with Crippen molar-refractivity contribution in [2.45, 2.75) is 0 Å². The Kier molecular flexibility index (Phi) is 2.67. The molecule has 14 heavy (non-hydrogen) atoms. The van der Waals surface area contributed by atoms with E-state index in [2.05, 4.69) is 0 Å². The van der Waals surface area contributed by atoms with Crippen molar-refractivity contribution in [3.05, 3.63) is 23.3 Å². The topological polar surface area (TPSA) is 60.7 Å². The Morgan fingerprint density at radius 3 is 1.43 bits per heavy atom. The standard InChI is InChI=1S/C6H3BF4O3/c8-2-1(7(13)14)3(9)5(11)6(12)4(2)10/h12-14H. The second kappa shape index (κ2) is 3.47. The third kappa shape index (κ3) is 1.42. The average molecular weight is 210 g/mol. The Morgan fingerprint density at radius 2 is 1.14 bits per heavy atom. The predicted molar refractivity (Wildman–Crippen MR) is 37.8 cm³/mol. The molecule has 0 aliphatic carbocycles. The Morgan fingerprint density at radius 1 is 0.786 bits per heavy atom. The summed E-state index contributed by atoms with van der Waals surface area (Å²) in [6.07, 6.45) is 0. The van der Waals surface area contributed by atoms with Gasteiger partial charge in [-0.2, -0.15) is 8.78 Å². The lowest BCUT2D eigenvalue weighted by Gasteiger charge is -2.07. The van der Waals surface area contributed by atoms with Gasteiger partial charge in [0.2, 0.25) is 11.6 Å². The molecule has 1 rings (SSSR count). The number of halogens is 4. The summed E-state index contributed by atoms with van der Waals surface area (Å²) in [6, 6.07) is 0. The van der Waals surface area contributed by atoms with Gasteiger partial charge in [0, 0.05) is 0 Å². The van der Waals surface area contributed by atoms with Crippen molar-refractivity contribution in [3.8, 4) is 5.75 Å². The van der Waals surface area contributed by atoms with Gasteiger partial charge in [-0.15, -0.1) is 0 Å². The van der Waals surface area contributed by atoms with Gasteiger partial charge in [-0.05, 0) is 0 Å². The Balaban J connectivity index is 3.60. The normalized spacial score (nSPS) is 10.4. The lowest BCUT2D eigenvalue weighted by Crippen LogP contribution is -2.37. The fraction of sp³-hybridized carbons (Fsp3) is 0. The van der Waals surface area contributed by atoms with E-state index in [-0.39, 0.29) is 0 Å². The number of phenolic OH excluding ortho intramolecular Hbond substituents is 1. The van der Waals surface area contributed by atoms with Gasteiger partial charge in [-0.25, -0.2) is 8.78 Å². The first kappa shape index (κ1) is 10.8. The molecule has 76 valence electrons. The van der Waals surface area contributed by atoms with Crippen LogP contribution in [0, 0.1) is 23.3 Å². The molecule has 0 aliphatic heterocycles. The predicted octanol–water partition coefficient (Wildman–Crippen LogP) is -0.372. The number of rotatable bonds is 1. The van der Waals surface area contributed by atoms with Gasteiger partial charge in [0.25, 0.3) is 0 Å². The first-order valence-electron chi connectivity index (χ1n) is 3.28. The number of aromatic hydroxyl groups is 1. The molecule has 0 spiro atoms. The molecular formula is C6H3BF4O3. The molecule has 8 heteroatoms. The molecule has 0 saturated heterocycles. The van der Waals surface area contributed by atoms with Gasteiger partial charge in [0.05, 0.1) is 5.46 Å². The van der Waals surface area contributed by atoms with Gasteiger partial charge < -0.3 is 15.2 Å². The van der Waals surface area contributed by atoms with Gasteiger partial charge >= 0.3 is 7.12 Å². The highest BCUT2D eigenvalue weighted by Crippen LogP contribution is 2.23. The third-order valence-electron chi connectivity index (χ3n) is 1.53. The molecule has 0 aliphatic rings. The minimum atomic E-state index is -2.71. The molecule has 0 unspecified atom stereocenters. The van der Waals surface area contributed by atoms with Crippen LogP contribution in [0.2, 0.25) is 0 Å². The quantitative estimate of drug-likeness (QED) is 0.336. The molecule has 1 aromatic carbocycles. The van der Waals surface area contributed by atoms with Crippen LogP contribution in [0.25, 0.3) is 0 Å². The molecule has 0 radical (unpaired) electrons. The largest absolute Gasteiger partial charge is 0.503 e. The third-order valence-corrected chi connectivity index (χ3v) is 1.53. The first-order chi connectivity index (χ1) is 6.37. The highest BCUT2D eigenvalue weighted by molar-refractivity contribution is 6.58. The SMILES string of the molecule is OB(O)c1c(F)c(F)c(O)c(F)c1F. The summed E-state index contributed by atoms with van der Waals surface area (Å²) in [4.78, 5) is 0. The summed E-state index contributed by atoms with van der Waals surface area (Å²) in [5.41, 5.74) is -1.59. The minimum absolute atomic E-state index is 1.59. The maximum atomic E-state index is 12.7. The Labute approximate surface area is 75.4 Å². The molecule has 0 saturated carbocycles. The van der Waals surface area contributed by atoms with E-state index < -0.39 is 41.6 Å². The van der Waals surface area contributed by atoms with Crippen molar-refractivity contribution in [1.82, 2.24) is 0 Å². The molecule has 3 N–H and O–H groups in total. The summed E-state index contributed by atoms with van der Waals surface area (Å²) in [7, 11) is -2.71. The summed E-state index contributed by atoms with van der Waals surface area (Å²) in [5, 5.41) is 25.3. The molecule has 0 fully saturated rings. The molecule has 1 aromatic rings. The van der Waals surface area contributed by atoms with Gasteiger partial charge in [-0.3, -0.25) is 0 Å². The van der Waals surface area contributed by atoms with E-state index in [0.29, 0.717) is 0 Å². The molecule has 0 aromatic heterocycles. The smallest absolute Gasteiger partial charge is 0.494 e. The number of phenols is 1. The fourth-order valence-corrected chi connectivity index (χ4v) is 0.864. The van der Waals surface area contributed by atoms with Crippen LogP contribution in [0.5, 0.6) is 5.75 Å². The second-order valence-electron chi connectivity index (χ2n) is 2.39. The van der Waals surface area contributed by atoms with Crippen molar-refractivity contribution < 1.29 is 32.7 Å². The van der Waals surface area contributed by atoms with Crippen LogP contribution in [-0.2, 0) is 0 Å². The van der Waals surface area contributed by atoms with E-state index in [1.165, 1.54) is 0 Å². The minimum Gasteiger partial charge on any atom is -0.503 e. The van der Waals surface area contributed by atoms with E-state index in [1.807, 2.05) is 0 Å². The zero-order chi connectivity index (χ0) is 11.0. The van der Waals surface area contributed by atoms with E-state index in [0.717, 1.165) is 0 Å². The van der Waals surface area contributed by atoms with E-state index in [1.54, 1.807) is 0 Å². The lowest BCUT2D eigenvalue weighted by atomic mass is 9.79. The molecule has 0 atom stereocenters. The van der Waals surface area contributed by atoms with E-state index in [4.69, 9.17) is 15.2 Å². The van der Waals surface area contributed by atoms with Crippen molar-refractivity contribution >= 4 is 12.6 Å². The van der Waals surface area contributed by atoms with Crippen molar-refractivity contribution in [1.29, 1.82) is 0 Å². The molecule has 3 nitrogen and oxygen atoms in total. The van der Waals surface area contributed by atoms with E-state index >= 15 is 0 Å². The molecule has 0 heterocycles. The van der Waals surface area contributed by atoms with Crippen LogP contribution in [0.1, 0.15) is 0 Å². The number of benzene rings is 1. The zero-order valence-corrected chi connectivity index (χ0v) is 6.43. The lowest BCUT2D eigenvalue weighted by molar-refractivity contribution is 0.355. The van der Waals surface area contributed by atoms with Crippen LogP contribution in [-0.4, -0.2) is 22.3 Å². The number of hydrogen-bond donors (Lipinski definition) is 3. The van der Waals surface area contributed by atoms with Gasteiger partial charge in [-0.1, -0.05) is 0 Å². The van der Waals surface area contributed by atoms with Crippen molar-refractivity contribution in [2.24, 2.45) is 0 Å².